The largest absolute Gasteiger partial charge is 0.381 e. The summed E-state index contributed by atoms with van der Waals surface area (Å²) < 4.78 is 5.45. The summed E-state index contributed by atoms with van der Waals surface area (Å²) in [6.45, 7) is 10.3. The maximum atomic E-state index is 13.1. The van der Waals surface area contributed by atoms with Crippen molar-refractivity contribution >= 4 is 5.91 Å². The van der Waals surface area contributed by atoms with Gasteiger partial charge in [0.25, 0.3) is 0 Å². The molecule has 25 heavy (non-hydrogen) atoms. The minimum absolute atomic E-state index is 0.279. The number of ether oxygens (including phenoxy) is 1. The molecule has 2 heterocycles. The first kappa shape index (κ1) is 19.1. The second-order valence-electron chi connectivity index (χ2n) is 8.74. The average Bonchev–Trinajstić information content (AvgIpc) is 2.68. The van der Waals surface area contributed by atoms with Crippen LogP contribution in [0.1, 0.15) is 52.4 Å². The number of piperazine rings is 1. The zero-order valence-electron chi connectivity index (χ0n) is 16.2. The number of nitrogens with zero attached hydrogens (tertiary/aromatic N) is 2. The first-order valence-electron chi connectivity index (χ1n) is 10.4. The smallest absolute Gasteiger partial charge is 0.230 e. The van der Waals surface area contributed by atoms with Crippen molar-refractivity contribution in [3.05, 3.63) is 0 Å². The first-order chi connectivity index (χ1) is 12.1. The van der Waals surface area contributed by atoms with Crippen molar-refractivity contribution in [1.29, 1.82) is 0 Å². The third-order valence-corrected chi connectivity index (χ3v) is 7.10. The van der Waals surface area contributed by atoms with Gasteiger partial charge < -0.3 is 15.4 Å². The third-order valence-electron chi connectivity index (χ3n) is 7.10. The predicted octanol–water partition coefficient (Wildman–Crippen LogP) is 2.10. The van der Waals surface area contributed by atoms with Gasteiger partial charge in [0.2, 0.25) is 5.91 Å². The Balaban J connectivity index is 1.49. The molecule has 0 unspecified atom stereocenters. The summed E-state index contributed by atoms with van der Waals surface area (Å²) >= 11 is 0. The van der Waals surface area contributed by atoms with Gasteiger partial charge in [-0.25, -0.2) is 0 Å². The van der Waals surface area contributed by atoms with E-state index in [9.17, 15) is 4.79 Å². The summed E-state index contributed by atoms with van der Waals surface area (Å²) in [4.78, 5) is 17.8. The molecule has 1 aliphatic carbocycles. The molecule has 0 atom stereocenters. The highest BCUT2D eigenvalue weighted by atomic mass is 16.5. The Labute approximate surface area is 153 Å². The van der Waals surface area contributed by atoms with Crippen LogP contribution in [-0.4, -0.2) is 67.7 Å². The number of carbonyl (C=O) groups is 1. The molecule has 3 aliphatic rings. The molecule has 2 N–H and O–H groups in total. The monoisotopic (exact) mass is 351 g/mol. The summed E-state index contributed by atoms with van der Waals surface area (Å²) in [5.41, 5.74) is 5.65. The first-order valence-corrected chi connectivity index (χ1v) is 10.4. The van der Waals surface area contributed by atoms with Crippen LogP contribution >= 0.6 is 0 Å². The van der Waals surface area contributed by atoms with E-state index < -0.39 is 0 Å². The molecule has 1 amide bonds. The zero-order chi connectivity index (χ0) is 17.9. The Hall–Kier alpha value is -0.650. The molecular formula is C20H37N3O2. The van der Waals surface area contributed by atoms with Crippen LogP contribution in [0.2, 0.25) is 0 Å². The van der Waals surface area contributed by atoms with Crippen LogP contribution in [0.3, 0.4) is 0 Å². The van der Waals surface area contributed by atoms with E-state index in [2.05, 4.69) is 23.6 Å². The van der Waals surface area contributed by atoms with E-state index >= 15 is 0 Å². The van der Waals surface area contributed by atoms with Crippen molar-refractivity contribution in [3.63, 3.8) is 0 Å². The van der Waals surface area contributed by atoms with E-state index in [0.717, 1.165) is 56.9 Å². The summed E-state index contributed by atoms with van der Waals surface area (Å²) in [5, 5.41) is 0. The normalized spacial score (nSPS) is 31.3. The van der Waals surface area contributed by atoms with Gasteiger partial charge in [-0.05, 0) is 50.4 Å². The van der Waals surface area contributed by atoms with Crippen LogP contribution in [0.5, 0.6) is 0 Å². The highest BCUT2D eigenvalue weighted by Crippen LogP contribution is 2.34. The Morgan fingerprint density at radius 3 is 2.20 bits per heavy atom. The SMILES string of the molecule is CC(C)C1CCC(N2CCN(C(=O)C3(CN)CCOCC3)CC2)CC1. The molecule has 5 heteroatoms. The molecule has 3 fully saturated rings. The molecule has 0 spiro atoms. The van der Waals surface area contributed by atoms with E-state index in [1.807, 2.05) is 0 Å². The molecule has 3 rings (SSSR count). The van der Waals surface area contributed by atoms with E-state index in [1.54, 1.807) is 0 Å². The predicted molar refractivity (Wildman–Crippen MR) is 100 cm³/mol. The maximum Gasteiger partial charge on any atom is 0.230 e. The lowest BCUT2D eigenvalue weighted by molar-refractivity contribution is -0.149. The molecule has 0 aromatic rings. The molecule has 2 aliphatic heterocycles. The summed E-state index contributed by atoms with van der Waals surface area (Å²) in [6, 6.07) is 0.735. The van der Waals surface area contributed by atoms with Gasteiger partial charge in [-0.2, -0.15) is 0 Å². The van der Waals surface area contributed by atoms with E-state index in [-0.39, 0.29) is 11.3 Å². The fourth-order valence-electron chi connectivity index (χ4n) is 5.03. The molecule has 5 nitrogen and oxygen atoms in total. The van der Waals surface area contributed by atoms with Gasteiger partial charge in [0, 0.05) is 52.0 Å². The van der Waals surface area contributed by atoms with Crippen molar-refractivity contribution < 1.29 is 9.53 Å². The summed E-state index contributed by atoms with van der Waals surface area (Å²) in [7, 11) is 0. The highest BCUT2D eigenvalue weighted by molar-refractivity contribution is 5.83. The van der Waals surface area contributed by atoms with Crippen LogP contribution in [0.4, 0.5) is 0 Å². The van der Waals surface area contributed by atoms with Gasteiger partial charge in [0.15, 0.2) is 0 Å². The van der Waals surface area contributed by atoms with Gasteiger partial charge in [-0.15, -0.1) is 0 Å². The number of nitrogens with two attached hydrogens (primary N) is 1. The van der Waals surface area contributed by atoms with Crippen molar-refractivity contribution in [2.45, 2.75) is 58.4 Å². The van der Waals surface area contributed by atoms with Crippen LogP contribution in [0.25, 0.3) is 0 Å². The number of amides is 1. The van der Waals surface area contributed by atoms with E-state index in [1.165, 1.54) is 25.7 Å². The second kappa shape index (κ2) is 8.36. The lowest BCUT2D eigenvalue weighted by Crippen LogP contribution is -2.57. The van der Waals surface area contributed by atoms with Crippen LogP contribution in [-0.2, 0) is 9.53 Å². The number of hydrogen-bond acceptors (Lipinski definition) is 4. The van der Waals surface area contributed by atoms with E-state index in [4.69, 9.17) is 10.5 Å². The molecule has 0 bridgehead atoms. The minimum atomic E-state index is -0.365. The topological polar surface area (TPSA) is 58.8 Å². The highest BCUT2D eigenvalue weighted by Gasteiger charge is 2.42. The number of hydrogen-bond donors (Lipinski definition) is 1. The van der Waals surface area contributed by atoms with Gasteiger partial charge in [0.1, 0.15) is 0 Å². The van der Waals surface area contributed by atoms with Crippen LogP contribution in [0, 0.1) is 17.3 Å². The molecular weight excluding hydrogens is 314 g/mol. The molecule has 0 aromatic heterocycles. The lowest BCUT2D eigenvalue weighted by atomic mass is 9.78. The molecule has 1 saturated carbocycles. The minimum Gasteiger partial charge on any atom is -0.381 e. The number of carbonyl (C=O) groups excluding carboxylic acids is 1. The fraction of sp³-hybridized carbons (Fsp3) is 0.950. The Kier molecular flexibility index (Phi) is 6.39. The quantitative estimate of drug-likeness (QED) is 0.843. The zero-order valence-corrected chi connectivity index (χ0v) is 16.2. The number of rotatable bonds is 4. The molecule has 2 saturated heterocycles. The molecule has 144 valence electrons. The average molecular weight is 352 g/mol. The molecule has 0 radical (unpaired) electrons. The van der Waals surface area contributed by atoms with Gasteiger partial charge in [-0.3, -0.25) is 9.69 Å². The fourth-order valence-corrected chi connectivity index (χ4v) is 5.03. The Morgan fingerprint density at radius 1 is 1.08 bits per heavy atom. The maximum absolute atomic E-state index is 13.1. The van der Waals surface area contributed by atoms with Crippen LogP contribution < -0.4 is 5.73 Å². The van der Waals surface area contributed by atoms with Crippen molar-refractivity contribution in [2.24, 2.45) is 23.0 Å². The summed E-state index contributed by atoms with van der Waals surface area (Å²) in [5.74, 6) is 2.01. The van der Waals surface area contributed by atoms with Gasteiger partial charge in [-0.1, -0.05) is 13.8 Å². The molecule has 0 aromatic carbocycles. The Morgan fingerprint density at radius 2 is 1.68 bits per heavy atom. The van der Waals surface area contributed by atoms with Gasteiger partial charge in [0.05, 0.1) is 5.41 Å². The lowest BCUT2D eigenvalue weighted by Gasteiger charge is -2.45. The van der Waals surface area contributed by atoms with Crippen molar-refractivity contribution in [3.8, 4) is 0 Å². The van der Waals surface area contributed by atoms with Crippen LogP contribution in [0.15, 0.2) is 0 Å². The Bertz CT molecular complexity index is 432. The second-order valence-corrected chi connectivity index (χ2v) is 8.74. The third kappa shape index (κ3) is 4.20. The van der Waals surface area contributed by atoms with Crippen molar-refractivity contribution in [2.75, 3.05) is 45.9 Å². The standard InChI is InChI=1S/C20H37N3O2/c1-16(2)17-3-5-18(6-4-17)22-9-11-23(12-10-22)19(24)20(15-21)7-13-25-14-8-20/h16-18H,3-15,21H2,1-2H3. The summed E-state index contributed by atoms with van der Waals surface area (Å²) in [6.07, 6.45) is 6.97. The van der Waals surface area contributed by atoms with Crippen molar-refractivity contribution in [1.82, 2.24) is 9.80 Å². The van der Waals surface area contributed by atoms with E-state index in [0.29, 0.717) is 19.8 Å². The van der Waals surface area contributed by atoms with Gasteiger partial charge >= 0.3 is 0 Å².